The van der Waals surface area contributed by atoms with Crippen LogP contribution in [0, 0.1) is 10.1 Å². The highest BCUT2D eigenvalue weighted by Crippen LogP contribution is 2.41. The topological polar surface area (TPSA) is 147 Å². The molecule has 0 radical (unpaired) electrons. The quantitative estimate of drug-likeness (QED) is 0.161. The molecule has 3 aromatic carbocycles. The maximum absolute atomic E-state index is 13.1. The number of benzene rings is 3. The third-order valence-electron chi connectivity index (χ3n) is 6.27. The number of ether oxygens (including phenoxy) is 4. The van der Waals surface area contributed by atoms with Gasteiger partial charge in [0.15, 0.2) is 23.0 Å². The van der Waals surface area contributed by atoms with Gasteiger partial charge in [0.2, 0.25) is 11.7 Å². The van der Waals surface area contributed by atoms with Crippen molar-refractivity contribution >= 4 is 46.3 Å². The number of hydrogen-bond donors (Lipinski definition) is 1. The van der Waals surface area contributed by atoms with Crippen LogP contribution >= 0.6 is 11.8 Å². The molecule has 0 unspecified atom stereocenters. The first kappa shape index (κ1) is 31.2. The molecule has 0 saturated carbocycles. The van der Waals surface area contributed by atoms with Crippen molar-refractivity contribution < 1.29 is 51.4 Å². The first-order valence-corrected chi connectivity index (χ1v) is 14.0. The van der Waals surface area contributed by atoms with Gasteiger partial charge in [-0.3, -0.25) is 29.4 Å². The van der Waals surface area contributed by atoms with Crippen molar-refractivity contribution in [3.05, 3.63) is 80.7 Å². The number of alkyl halides is 3. The molecule has 3 amide bonds. The standard InChI is InChI=1S/C29H22F3N3O9S/c1-2-41-23-11-16(3-6-22(23)44-20-7-4-17(29(30,31)32)13-19(20)35(39)40)12-25-27(37)34(28(38)45-25)15-26(36)33-18-5-8-21-24(14-18)43-10-9-42-21/h3-8,11-14H,2,9-10,15H2,1H3,(H,33,36)/b25-12+. The van der Waals surface area contributed by atoms with Gasteiger partial charge >= 0.3 is 11.9 Å². The van der Waals surface area contributed by atoms with Crippen molar-refractivity contribution in [3.8, 4) is 28.7 Å². The molecule has 0 spiro atoms. The lowest BCUT2D eigenvalue weighted by Crippen LogP contribution is -2.36. The predicted octanol–water partition coefficient (Wildman–Crippen LogP) is 6.25. The SMILES string of the molecule is CCOc1cc(/C=C2/SC(=O)N(CC(=O)Nc3ccc4c(c3)OCCO4)C2=O)ccc1Oc1ccc(C(F)(F)F)cc1[N+](=O)[O-]. The number of hydrogen-bond acceptors (Lipinski definition) is 10. The summed E-state index contributed by atoms with van der Waals surface area (Å²) in [4.78, 5) is 49.5. The normalized spacial score (nSPS) is 15.3. The fraction of sp³-hybridized carbons (Fsp3) is 0.207. The summed E-state index contributed by atoms with van der Waals surface area (Å²) in [6.45, 7) is 2.00. The largest absolute Gasteiger partial charge is 0.490 e. The Morgan fingerprint density at radius 1 is 1.04 bits per heavy atom. The number of carbonyl (C=O) groups excluding carboxylic acids is 3. The maximum Gasteiger partial charge on any atom is 0.416 e. The summed E-state index contributed by atoms with van der Waals surface area (Å²) in [7, 11) is 0. The molecule has 0 atom stereocenters. The predicted molar refractivity (Wildman–Crippen MR) is 155 cm³/mol. The Bertz CT molecular complexity index is 1730. The van der Waals surface area contributed by atoms with E-state index in [9.17, 15) is 37.7 Å². The molecule has 12 nitrogen and oxygen atoms in total. The number of rotatable bonds is 9. The number of anilines is 1. The van der Waals surface area contributed by atoms with Crippen molar-refractivity contribution in [2.24, 2.45) is 0 Å². The van der Waals surface area contributed by atoms with Gasteiger partial charge in [-0.15, -0.1) is 0 Å². The molecule has 2 aliphatic heterocycles. The minimum absolute atomic E-state index is 0.0154. The number of nitrogens with zero attached hydrogens (tertiary/aromatic N) is 2. The first-order valence-electron chi connectivity index (χ1n) is 13.2. The Morgan fingerprint density at radius 2 is 1.78 bits per heavy atom. The molecule has 1 fully saturated rings. The highest BCUT2D eigenvalue weighted by atomic mass is 32.2. The number of amides is 3. The molecule has 2 aliphatic rings. The smallest absolute Gasteiger partial charge is 0.416 e. The number of carbonyl (C=O) groups is 3. The van der Waals surface area contributed by atoms with Crippen LogP contribution in [0.15, 0.2) is 59.5 Å². The lowest BCUT2D eigenvalue weighted by atomic mass is 10.1. The monoisotopic (exact) mass is 645 g/mol. The second-order valence-electron chi connectivity index (χ2n) is 9.35. The van der Waals surface area contributed by atoms with Crippen LogP contribution in [-0.4, -0.2) is 53.2 Å². The molecular weight excluding hydrogens is 623 g/mol. The summed E-state index contributed by atoms with van der Waals surface area (Å²) in [5.41, 5.74) is -1.35. The van der Waals surface area contributed by atoms with Crippen LogP contribution in [0.2, 0.25) is 0 Å². The summed E-state index contributed by atoms with van der Waals surface area (Å²) in [6, 6.07) is 10.9. The highest BCUT2D eigenvalue weighted by molar-refractivity contribution is 8.18. The van der Waals surface area contributed by atoms with Crippen LogP contribution in [-0.2, 0) is 15.8 Å². The lowest BCUT2D eigenvalue weighted by Gasteiger charge is -2.19. The number of nitrogens with one attached hydrogen (secondary N) is 1. The number of fused-ring (bicyclic) bond motifs is 1. The minimum atomic E-state index is -4.79. The van der Waals surface area contributed by atoms with Gasteiger partial charge in [-0.05, 0) is 66.7 Å². The zero-order valence-corrected chi connectivity index (χ0v) is 24.0. The number of thioether (sulfide) groups is 1. The van der Waals surface area contributed by atoms with E-state index in [1.54, 1.807) is 25.1 Å². The van der Waals surface area contributed by atoms with Gasteiger partial charge in [-0.2, -0.15) is 13.2 Å². The van der Waals surface area contributed by atoms with Crippen molar-refractivity contribution in [1.29, 1.82) is 0 Å². The molecule has 0 bridgehead atoms. The Kier molecular flexibility index (Phi) is 8.85. The van der Waals surface area contributed by atoms with E-state index in [1.807, 2.05) is 0 Å². The van der Waals surface area contributed by atoms with Crippen LogP contribution in [0.25, 0.3) is 6.08 Å². The molecular formula is C29H22F3N3O9S. The molecule has 16 heteroatoms. The van der Waals surface area contributed by atoms with Crippen LogP contribution in [0.1, 0.15) is 18.1 Å². The van der Waals surface area contributed by atoms with Crippen molar-refractivity contribution in [2.75, 3.05) is 31.7 Å². The van der Waals surface area contributed by atoms with Gasteiger partial charge in [-0.1, -0.05) is 6.07 Å². The van der Waals surface area contributed by atoms with Gasteiger partial charge in [0.25, 0.3) is 11.1 Å². The Labute approximate surface area is 256 Å². The molecule has 1 saturated heterocycles. The average molecular weight is 646 g/mol. The average Bonchev–Trinajstić information content (AvgIpc) is 3.25. The van der Waals surface area contributed by atoms with E-state index in [4.69, 9.17) is 18.9 Å². The third kappa shape index (κ3) is 7.12. The second-order valence-corrected chi connectivity index (χ2v) is 10.3. The Balaban J connectivity index is 1.31. The van der Waals surface area contributed by atoms with Crippen LogP contribution < -0.4 is 24.3 Å². The number of halogens is 3. The van der Waals surface area contributed by atoms with Gasteiger partial charge in [0, 0.05) is 17.8 Å². The van der Waals surface area contributed by atoms with E-state index in [0.717, 1.165) is 11.0 Å². The molecule has 1 N–H and O–H groups in total. The summed E-state index contributed by atoms with van der Waals surface area (Å²) >= 11 is 0.621. The second kappa shape index (κ2) is 12.8. The van der Waals surface area contributed by atoms with Crippen LogP contribution in [0.5, 0.6) is 28.7 Å². The fourth-order valence-electron chi connectivity index (χ4n) is 4.26. The van der Waals surface area contributed by atoms with E-state index in [2.05, 4.69) is 5.32 Å². The van der Waals surface area contributed by atoms with Crippen molar-refractivity contribution in [3.63, 3.8) is 0 Å². The molecule has 5 rings (SSSR count). The number of imide groups is 1. The van der Waals surface area contributed by atoms with E-state index >= 15 is 0 Å². The molecule has 0 aliphatic carbocycles. The van der Waals surface area contributed by atoms with Gasteiger partial charge in [0.1, 0.15) is 19.8 Å². The molecule has 45 heavy (non-hydrogen) atoms. The maximum atomic E-state index is 13.1. The fourth-order valence-corrected chi connectivity index (χ4v) is 5.10. The molecule has 3 aromatic rings. The number of nitro benzene ring substituents is 1. The lowest BCUT2D eigenvalue weighted by molar-refractivity contribution is -0.385. The van der Waals surface area contributed by atoms with E-state index < -0.39 is 51.7 Å². The molecule has 2 heterocycles. The zero-order valence-electron chi connectivity index (χ0n) is 23.2. The number of nitro groups is 1. The Morgan fingerprint density at radius 3 is 2.49 bits per heavy atom. The zero-order chi connectivity index (χ0) is 32.3. The summed E-state index contributed by atoms with van der Waals surface area (Å²) in [5, 5.41) is 13.4. The van der Waals surface area contributed by atoms with Crippen molar-refractivity contribution in [1.82, 2.24) is 4.90 Å². The van der Waals surface area contributed by atoms with E-state index in [0.29, 0.717) is 59.9 Å². The van der Waals surface area contributed by atoms with E-state index in [-0.39, 0.29) is 23.0 Å². The van der Waals surface area contributed by atoms with Crippen LogP contribution in [0.4, 0.5) is 29.3 Å². The third-order valence-corrected chi connectivity index (χ3v) is 7.18. The summed E-state index contributed by atoms with van der Waals surface area (Å²) in [5.74, 6) is -0.762. The van der Waals surface area contributed by atoms with Gasteiger partial charge in [-0.25, -0.2) is 0 Å². The Hall–Kier alpha value is -5.25. The summed E-state index contributed by atoms with van der Waals surface area (Å²) < 4.78 is 61.3. The minimum Gasteiger partial charge on any atom is -0.490 e. The highest BCUT2D eigenvalue weighted by Gasteiger charge is 2.37. The molecule has 0 aromatic heterocycles. The van der Waals surface area contributed by atoms with E-state index in [1.165, 1.54) is 24.3 Å². The molecule has 234 valence electrons. The van der Waals surface area contributed by atoms with Crippen LogP contribution in [0.3, 0.4) is 0 Å². The summed E-state index contributed by atoms with van der Waals surface area (Å²) in [6.07, 6.45) is -3.41. The first-order chi connectivity index (χ1) is 21.4. The van der Waals surface area contributed by atoms with Gasteiger partial charge < -0.3 is 24.3 Å². The van der Waals surface area contributed by atoms with Crippen molar-refractivity contribution in [2.45, 2.75) is 13.1 Å². The van der Waals surface area contributed by atoms with Gasteiger partial charge in [0.05, 0.1) is 22.0 Å².